The molecule has 1 N–H and O–H groups in total. The highest BCUT2D eigenvalue weighted by Crippen LogP contribution is 2.46. The van der Waals surface area contributed by atoms with Crippen molar-refractivity contribution in [3.8, 4) is 11.1 Å². The Labute approximate surface area is 105 Å². The highest BCUT2D eigenvalue weighted by molar-refractivity contribution is 5.80. The molecule has 0 unspecified atom stereocenters. The molecule has 1 aromatic heterocycles. The summed E-state index contributed by atoms with van der Waals surface area (Å²) in [7, 11) is 0. The minimum absolute atomic E-state index is 0.292. The Bertz CT molecular complexity index is 653. The molecule has 18 heavy (non-hydrogen) atoms. The molecule has 1 heterocycles. The minimum Gasteiger partial charge on any atom is -0.282 e. The summed E-state index contributed by atoms with van der Waals surface area (Å²) in [5.74, 6) is 0.292. The van der Waals surface area contributed by atoms with Gasteiger partial charge in [-0.15, -0.1) is 0 Å². The van der Waals surface area contributed by atoms with E-state index in [2.05, 4.69) is 64.8 Å². The Balaban J connectivity index is 2.04. The van der Waals surface area contributed by atoms with Gasteiger partial charge in [-0.05, 0) is 28.3 Å². The first-order chi connectivity index (χ1) is 8.95. The van der Waals surface area contributed by atoms with Gasteiger partial charge >= 0.3 is 0 Å². The predicted molar refractivity (Wildman–Crippen MR) is 71.4 cm³/mol. The fourth-order valence-corrected chi connectivity index (χ4v) is 2.92. The van der Waals surface area contributed by atoms with Crippen LogP contribution < -0.4 is 0 Å². The summed E-state index contributed by atoms with van der Waals surface area (Å²) in [6, 6.07) is 19.3. The summed E-state index contributed by atoms with van der Waals surface area (Å²) in [6.45, 7) is 0. The Morgan fingerprint density at radius 1 is 0.778 bits per heavy atom. The Morgan fingerprint density at radius 2 is 1.39 bits per heavy atom. The third kappa shape index (κ3) is 1.20. The summed E-state index contributed by atoms with van der Waals surface area (Å²) in [5.41, 5.74) is 6.57. The van der Waals surface area contributed by atoms with E-state index >= 15 is 0 Å². The molecule has 0 saturated carbocycles. The molecule has 0 radical (unpaired) electrons. The van der Waals surface area contributed by atoms with Crippen molar-refractivity contribution in [1.82, 2.24) is 10.2 Å². The largest absolute Gasteiger partial charge is 0.282 e. The van der Waals surface area contributed by atoms with Crippen LogP contribution in [-0.4, -0.2) is 10.2 Å². The molecule has 0 spiro atoms. The average molecular weight is 232 g/mol. The fourth-order valence-electron chi connectivity index (χ4n) is 2.92. The Morgan fingerprint density at radius 3 is 1.94 bits per heavy atom. The zero-order valence-electron chi connectivity index (χ0n) is 9.80. The second-order valence-corrected chi connectivity index (χ2v) is 4.62. The van der Waals surface area contributed by atoms with E-state index in [1.165, 1.54) is 22.3 Å². The molecule has 3 aromatic rings. The number of hydrogen-bond donors (Lipinski definition) is 1. The molecule has 2 aromatic carbocycles. The molecule has 4 rings (SSSR count). The van der Waals surface area contributed by atoms with Crippen LogP contribution in [0.25, 0.3) is 11.1 Å². The van der Waals surface area contributed by atoms with E-state index in [1.54, 1.807) is 0 Å². The SMILES string of the molecule is c1ccc2c(c1)-c1ccccc1C2c1ccn[nH]1. The topological polar surface area (TPSA) is 28.7 Å². The summed E-state index contributed by atoms with van der Waals surface area (Å²) in [5, 5.41) is 7.20. The van der Waals surface area contributed by atoms with Crippen LogP contribution in [0.4, 0.5) is 0 Å². The van der Waals surface area contributed by atoms with Crippen molar-refractivity contribution in [3.63, 3.8) is 0 Å². The molecule has 2 nitrogen and oxygen atoms in total. The highest BCUT2D eigenvalue weighted by atomic mass is 15.1. The van der Waals surface area contributed by atoms with Gasteiger partial charge in [-0.2, -0.15) is 5.10 Å². The van der Waals surface area contributed by atoms with Gasteiger partial charge in [0.15, 0.2) is 0 Å². The van der Waals surface area contributed by atoms with Crippen molar-refractivity contribution in [2.45, 2.75) is 5.92 Å². The smallest absolute Gasteiger partial charge is 0.0519 e. The van der Waals surface area contributed by atoms with Crippen LogP contribution in [0.5, 0.6) is 0 Å². The zero-order valence-corrected chi connectivity index (χ0v) is 9.80. The molecule has 0 atom stereocenters. The number of rotatable bonds is 1. The van der Waals surface area contributed by atoms with Gasteiger partial charge in [0.2, 0.25) is 0 Å². The van der Waals surface area contributed by atoms with Gasteiger partial charge in [0.05, 0.1) is 5.92 Å². The Kier molecular flexibility index (Phi) is 1.92. The third-order valence-corrected chi connectivity index (χ3v) is 3.67. The number of H-pyrrole nitrogens is 1. The van der Waals surface area contributed by atoms with E-state index in [0.29, 0.717) is 5.92 Å². The van der Waals surface area contributed by atoms with E-state index in [-0.39, 0.29) is 0 Å². The second-order valence-electron chi connectivity index (χ2n) is 4.62. The van der Waals surface area contributed by atoms with Crippen molar-refractivity contribution in [2.24, 2.45) is 0 Å². The molecule has 0 saturated heterocycles. The fraction of sp³-hybridized carbons (Fsp3) is 0.0625. The maximum absolute atomic E-state index is 4.09. The predicted octanol–water partition coefficient (Wildman–Crippen LogP) is 3.57. The van der Waals surface area contributed by atoms with Gasteiger partial charge in [-0.25, -0.2) is 0 Å². The first-order valence-corrected chi connectivity index (χ1v) is 6.12. The number of benzene rings is 2. The van der Waals surface area contributed by atoms with E-state index < -0.39 is 0 Å². The molecule has 1 aliphatic carbocycles. The molecule has 2 heteroatoms. The second kappa shape index (κ2) is 3.57. The number of hydrogen-bond acceptors (Lipinski definition) is 1. The normalized spacial score (nSPS) is 13.3. The molecule has 0 fully saturated rings. The number of fused-ring (bicyclic) bond motifs is 3. The average Bonchev–Trinajstić information content (AvgIpc) is 3.03. The first kappa shape index (κ1) is 9.66. The van der Waals surface area contributed by atoms with Crippen molar-refractivity contribution in [1.29, 1.82) is 0 Å². The van der Waals surface area contributed by atoms with Gasteiger partial charge in [0, 0.05) is 11.9 Å². The van der Waals surface area contributed by atoms with Gasteiger partial charge in [0.1, 0.15) is 0 Å². The summed E-state index contributed by atoms with van der Waals surface area (Å²) < 4.78 is 0. The van der Waals surface area contributed by atoms with Gasteiger partial charge in [-0.3, -0.25) is 5.10 Å². The van der Waals surface area contributed by atoms with E-state index in [4.69, 9.17) is 0 Å². The van der Waals surface area contributed by atoms with Crippen molar-refractivity contribution in [2.75, 3.05) is 0 Å². The number of aromatic amines is 1. The lowest BCUT2D eigenvalue weighted by molar-refractivity contribution is 0.914. The summed E-state index contributed by atoms with van der Waals surface area (Å²) in [4.78, 5) is 0. The molecule has 0 amide bonds. The van der Waals surface area contributed by atoms with Crippen LogP contribution >= 0.6 is 0 Å². The van der Waals surface area contributed by atoms with Crippen LogP contribution in [0, 0.1) is 0 Å². The molecule has 1 aliphatic rings. The van der Waals surface area contributed by atoms with Crippen molar-refractivity contribution in [3.05, 3.63) is 77.6 Å². The lowest BCUT2D eigenvalue weighted by atomic mass is 9.94. The van der Waals surface area contributed by atoms with Crippen LogP contribution in [0.1, 0.15) is 22.7 Å². The monoisotopic (exact) mass is 232 g/mol. The Hall–Kier alpha value is -2.35. The van der Waals surface area contributed by atoms with Gasteiger partial charge < -0.3 is 0 Å². The van der Waals surface area contributed by atoms with Crippen LogP contribution in [0.15, 0.2) is 60.8 Å². The quantitative estimate of drug-likeness (QED) is 0.534. The third-order valence-electron chi connectivity index (χ3n) is 3.67. The number of nitrogens with one attached hydrogen (secondary N) is 1. The molecule has 0 aliphatic heterocycles. The zero-order chi connectivity index (χ0) is 11.9. The molecular weight excluding hydrogens is 220 g/mol. The number of aromatic nitrogens is 2. The highest BCUT2D eigenvalue weighted by Gasteiger charge is 2.29. The lowest BCUT2D eigenvalue weighted by Gasteiger charge is -2.10. The molecular formula is C16H12N2. The standard InChI is InChI=1S/C16H12N2/c1-3-7-13-11(5-1)12-6-2-4-8-14(12)16(13)15-9-10-17-18-15/h1-10,16H,(H,17,18). The van der Waals surface area contributed by atoms with Crippen molar-refractivity contribution < 1.29 is 0 Å². The summed E-state index contributed by atoms with van der Waals surface area (Å²) in [6.07, 6.45) is 1.82. The van der Waals surface area contributed by atoms with Gasteiger partial charge in [0.25, 0.3) is 0 Å². The van der Waals surface area contributed by atoms with E-state index in [1.807, 2.05) is 6.20 Å². The van der Waals surface area contributed by atoms with E-state index in [0.717, 1.165) is 5.69 Å². The molecule has 0 bridgehead atoms. The maximum Gasteiger partial charge on any atom is 0.0519 e. The van der Waals surface area contributed by atoms with E-state index in [9.17, 15) is 0 Å². The summed E-state index contributed by atoms with van der Waals surface area (Å²) >= 11 is 0. The van der Waals surface area contributed by atoms with Crippen LogP contribution in [0.3, 0.4) is 0 Å². The lowest BCUT2D eigenvalue weighted by Crippen LogP contribution is -1.99. The van der Waals surface area contributed by atoms with Crippen molar-refractivity contribution >= 4 is 0 Å². The maximum atomic E-state index is 4.09. The first-order valence-electron chi connectivity index (χ1n) is 6.12. The van der Waals surface area contributed by atoms with Gasteiger partial charge in [-0.1, -0.05) is 48.5 Å². The molecule has 86 valence electrons. The van der Waals surface area contributed by atoms with Crippen LogP contribution in [0.2, 0.25) is 0 Å². The number of nitrogens with zero attached hydrogens (tertiary/aromatic N) is 1. The van der Waals surface area contributed by atoms with Crippen LogP contribution in [-0.2, 0) is 0 Å². The minimum atomic E-state index is 0.292.